The van der Waals surface area contributed by atoms with Crippen molar-refractivity contribution < 1.29 is 18.4 Å². The first-order chi connectivity index (χ1) is 9.88. The van der Waals surface area contributed by atoms with Crippen LogP contribution in [0.15, 0.2) is 17.3 Å². The number of amidine groups is 1. The average molecular weight is 302 g/mol. The highest BCUT2D eigenvalue weighted by atomic mass is 19.4. The number of anilines is 1. The minimum absolute atomic E-state index is 0.117. The Kier molecular flexibility index (Phi) is 4.24. The molecule has 1 saturated heterocycles. The van der Waals surface area contributed by atoms with Crippen LogP contribution in [0.3, 0.4) is 0 Å². The van der Waals surface area contributed by atoms with E-state index in [0.717, 1.165) is 25.3 Å². The lowest BCUT2D eigenvalue weighted by Gasteiger charge is -2.27. The summed E-state index contributed by atoms with van der Waals surface area (Å²) in [6.07, 6.45) is -1.95. The van der Waals surface area contributed by atoms with Gasteiger partial charge in [-0.2, -0.15) is 13.2 Å². The molecular formula is C13H17F3N4O. The largest absolute Gasteiger partial charge is 0.433 e. The lowest BCUT2D eigenvalue weighted by molar-refractivity contribution is -0.141. The van der Waals surface area contributed by atoms with Crippen LogP contribution >= 0.6 is 0 Å². The summed E-state index contributed by atoms with van der Waals surface area (Å²) in [6.45, 7) is 2.58. The van der Waals surface area contributed by atoms with Crippen LogP contribution < -0.4 is 10.6 Å². The number of halogens is 3. The molecule has 3 N–H and O–H groups in total. The Hall–Kier alpha value is -1.99. The van der Waals surface area contributed by atoms with E-state index in [2.05, 4.69) is 10.1 Å². The SMILES string of the molecule is CCC1CCCN1c1nc(C(F)(F)F)ccc1C(N)=NO. The van der Waals surface area contributed by atoms with Crippen LogP contribution in [0.2, 0.25) is 0 Å². The number of alkyl halides is 3. The van der Waals surface area contributed by atoms with Crippen molar-refractivity contribution in [3.63, 3.8) is 0 Å². The maximum absolute atomic E-state index is 12.9. The minimum Gasteiger partial charge on any atom is -0.409 e. The molecule has 1 aliphatic rings. The number of hydrogen-bond donors (Lipinski definition) is 2. The number of aromatic nitrogens is 1. The highest BCUT2D eigenvalue weighted by molar-refractivity contribution is 6.01. The summed E-state index contributed by atoms with van der Waals surface area (Å²) >= 11 is 0. The number of nitrogens with two attached hydrogens (primary N) is 1. The third-order valence-electron chi connectivity index (χ3n) is 3.67. The molecule has 0 amide bonds. The first-order valence-corrected chi connectivity index (χ1v) is 6.71. The fourth-order valence-electron chi connectivity index (χ4n) is 2.62. The second kappa shape index (κ2) is 5.79. The molecule has 1 unspecified atom stereocenters. The van der Waals surface area contributed by atoms with Gasteiger partial charge in [0.2, 0.25) is 0 Å². The fraction of sp³-hybridized carbons (Fsp3) is 0.538. The van der Waals surface area contributed by atoms with E-state index in [4.69, 9.17) is 10.9 Å². The van der Waals surface area contributed by atoms with E-state index in [1.807, 2.05) is 11.8 Å². The van der Waals surface area contributed by atoms with E-state index in [1.54, 1.807) is 0 Å². The molecule has 0 saturated carbocycles. The standard InChI is InChI=1S/C13H17F3N4O/c1-2-8-4-3-7-20(8)12-9(11(17)19-21)5-6-10(18-12)13(14,15)16/h5-6,8,21H,2-4,7H2,1H3,(H2,17,19). The Bertz CT molecular complexity index is 545. The van der Waals surface area contributed by atoms with Crippen LogP contribution in [0.25, 0.3) is 0 Å². The predicted molar refractivity (Wildman–Crippen MR) is 72.4 cm³/mol. The van der Waals surface area contributed by atoms with Gasteiger partial charge in [0.1, 0.15) is 11.5 Å². The average Bonchev–Trinajstić information content (AvgIpc) is 2.93. The lowest BCUT2D eigenvalue weighted by Crippen LogP contribution is -2.32. The summed E-state index contributed by atoms with van der Waals surface area (Å²) in [7, 11) is 0. The summed E-state index contributed by atoms with van der Waals surface area (Å²) < 4.78 is 38.6. The van der Waals surface area contributed by atoms with Gasteiger partial charge in [0.05, 0.1) is 5.56 Å². The van der Waals surface area contributed by atoms with Gasteiger partial charge in [-0.05, 0) is 31.4 Å². The third-order valence-corrected chi connectivity index (χ3v) is 3.67. The predicted octanol–water partition coefficient (Wildman–Crippen LogP) is 2.57. The summed E-state index contributed by atoms with van der Waals surface area (Å²) in [6, 6.07) is 2.16. The quantitative estimate of drug-likeness (QED) is 0.389. The molecule has 2 rings (SSSR count). The van der Waals surface area contributed by atoms with Gasteiger partial charge >= 0.3 is 6.18 Å². The summed E-state index contributed by atoms with van der Waals surface area (Å²) in [4.78, 5) is 5.53. The van der Waals surface area contributed by atoms with E-state index in [9.17, 15) is 13.2 Å². The first-order valence-electron chi connectivity index (χ1n) is 6.71. The van der Waals surface area contributed by atoms with Gasteiger partial charge in [-0.25, -0.2) is 4.98 Å². The van der Waals surface area contributed by atoms with Crippen molar-refractivity contribution in [2.45, 2.75) is 38.4 Å². The van der Waals surface area contributed by atoms with E-state index in [1.165, 1.54) is 6.07 Å². The zero-order valence-electron chi connectivity index (χ0n) is 11.6. The van der Waals surface area contributed by atoms with Crippen molar-refractivity contribution in [1.82, 2.24) is 4.98 Å². The van der Waals surface area contributed by atoms with Crippen LogP contribution in [0, 0.1) is 0 Å². The van der Waals surface area contributed by atoms with Gasteiger partial charge in [-0.1, -0.05) is 12.1 Å². The summed E-state index contributed by atoms with van der Waals surface area (Å²) in [5, 5.41) is 11.7. The van der Waals surface area contributed by atoms with E-state index in [-0.39, 0.29) is 23.3 Å². The van der Waals surface area contributed by atoms with Gasteiger partial charge in [0, 0.05) is 12.6 Å². The second-order valence-electron chi connectivity index (χ2n) is 4.95. The van der Waals surface area contributed by atoms with Gasteiger partial charge in [-0.15, -0.1) is 0 Å². The summed E-state index contributed by atoms with van der Waals surface area (Å²) in [5.74, 6) is -0.113. The third kappa shape index (κ3) is 3.03. The Morgan fingerprint density at radius 2 is 2.24 bits per heavy atom. The van der Waals surface area contributed by atoms with Gasteiger partial charge in [0.25, 0.3) is 0 Å². The second-order valence-corrected chi connectivity index (χ2v) is 4.95. The number of oxime groups is 1. The molecule has 1 aliphatic heterocycles. The molecule has 21 heavy (non-hydrogen) atoms. The molecule has 1 atom stereocenters. The van der Waals surface area contributed by atoms with Crippen LogP contribution in [0.1, 0.15) is 37.4 Å². The van der Waals surface area contributed by atoms with E-state index < -0.39 is 11.9 Å². The van der Waals surface area contributed by atoms with Crippen molar-refractivity contribution >= 4 is 11.7 Å². The van der Waals surface area contributed by atoms with E-state index >= 15 is 0 Å². The maximum atomic E-state index is 12.9. The summed E-state index contributed by atoms with van der Waals surface area (Å²) in [5.41, 5.74) is 4.80. The Labute approximate surface area is 120 Å². The normalized spacial score (nSPS) is 20.1. The van der Waals surface area contributed by atoms with Gasteiger partial charge < -0.3 is 15.8 Å². The van der Waals surface area contributed by atoms with Crippen molar-refractivity contribution in [2.75, 3.05) is 11.4 Å². The Balaban J connectivity index is 2.53. The highest BCUT2D eigenvalue weighted by Crippen LogP contribution is 2.33. The minimum atomic E-state index is -4.53. The Morgan fingerprint density at radius 3 is 2.81 bits per heavy atom. The smallest absolute Gasteiger partial charge is 0.409 e. The topological polar surface area (TPSA) is 74.7 Å². The first kappa shape index (κ1) is 15.4. The molecule has 0 bridgehead atoms. The molecule has 116 valence electrons. The molecule has 0 radical (unpaired) electrons. The van der Waals surface area contributed by atoms with Gasteiger partial charge in [-0.3, -0.25) is 0 Å². The zero-order chi connectivity index (χ0) is 15.6. The zero-order valence-corrected chi connectivity index (χ0v) is 11.6. The number of nitrogens with zero attached hydrogens (tertiary/aromatic N) is 3. The van der Waals surface area contributed by atoms with Gasteiger partial charge in [0.15, 0.2) is 5.84 Å². The number of pyridine rings is 1. The van der Waals surface area contributed by atoms with Crippen molar-refractivity contribution in [2.24, 2.45) is 10.9 Å². The van der Waals surface area contributed by atoms with Crippen LogP contribution in [-0.2, 0) is 6.18 Å². The highest BCUT2D eigenvalue weighted by Gasteiger charge is 2.35. The molecule has 5 nitrogen and oxygen atoms in total. The van der Waals surface area contributed by atoms with Crippen molar-refractivity contribution in [1.29, 1.82) is 0 Å². The molecule has 1 aromatic heterocycles. The fourth-order valence-corrected chi connectivity index (χ4v) is 2.62. The van der Waals surface area contributed by atoms with Crippen LogP contribution in [0.5, 0.6) is 0 Å². The lowest BCUT2D eigenvalue weighted by atomic mass is 10.1. The molecule has 0 aromatic carbocycles. The maximum Gasteiger partial charge on any atom is 0.433 e. The van der Waals surface area contributed by atoms with Crippen LogP contribution in [0.4, 0.5) is 19.0 Å². The molecule has 1 aromatic rings. The van der Waals surface area contributed by atoms with Crippen molar-refractivity contribution in [3.05, 3.63) is 23.4 Å². The molecular weight excluding hydrogens is 285 g/mol. The number of rotatable bonds is 3. The van der Waals surface area contributed by atoms with Crippen LogP contribution in [-0.4, -0.2) is 28.6 Å². The molecule has 2 heterocycles. The van der Waals surface area contributed by atoms with E-state index in [0.29, 0.717) is 6.54 Å². The number of hydrogen-bond acceptors (Lipinski definition) is 4. The van der Waals surface area contributed by atoms with Crippen molar-refractivity contribution in [3.8, 4) is 0 Å². The molecule has 0 aliphatic carbocycles. The molecule has 8 heteroatoms. The molecule has 0 spiro atoms. The monoisotopic (exact) mass is 302 g/mol. The Morgan fingerprint density at radius 1 is 1.52 bits per heavy atom. The molecule has 1 fully saturated rings.